The van der Waals surface area contributed by atoms with Crippen LogP contribution in [0.5, 0.6) is 0 Å². The second-order valence-corrected chi connectivity index (χ2v) is 4.27. The van der Waals surface area contributed by atoms with Crippen LogP contribution in [0.25, 0.3) is 0 Å². The van der Waals surface area contributed by atoms with Gasteiger partial charge in [-0.3, -0.25) is 4.79 Å². The molecule has 0 saturated carbocycles. The SMILES string of the molecule is CCN(CC)CCOC1CCN(C(C)=O)C1. The van der Waals surface area contributed by atoms with Crippen molar-refractivity contribution >= 4 is 5.91 Å². The highest BCUT2D eigenvalue weighted by Crippen LogP contribution is 2.12. The fourth-order valence-electron chi connectivity index (χ4n) is 2.04. The second kappa shape index (κ2) is 6.86. The van der Waals surface area contributed by atoms with Crippen LogP contribution in [-0.2, 0) is 9.53 Å². The highest BCUT2D eigenvalue weighted by molar-refractivity contribution is 5.73. The fraction of sp³-hybridized carbons (Fsp3) is 0.917. The van der Waals surface area contributed by atoms with Crippen molar-refractivity contribution in [3.63, 3.8) is 0 Å². The first-order valence-corrected chi connectivity index (χ1v) is 6.26. The number of amides is 1. The lowest BCUT2D eigenvalue weighted by atomic mass is 10.3. The monoisotopic (exact) mass is 228 g/mol. The van der Waals surface area contributed by atoms with E-state index in [2.05, 4.69) is 18.7 Å². The summed E-state index contributed by atoms with van der Waals surface area (Å²) in [6.07, 6.45) is 1.23. The molecule has 1 unspecified atom stereocenters. The Morgan fingerprint density at radius 2 is 2.12 bits per heavy atom. The minimum absolute atomic E-state index is 0.162. The summed E-state index contributed by atoms with van der Waals surface area (Å²) in [5, 5.41) is 0. The van der Waals surface area contributed by atoms with Gasteiger partial charge < -0.3 is 14.5 Å². The van der Waals surface area contributed by atoms with Crippen molar-refractivity contribution < 1.29 is 9.53 Å². The molecule has 1 saturated heterocycles. The minimum Gasteiger partial charge on any atom is -0.375 e. The molecule has 1 aliphatic rings. The largest absolute Gasteiger partial charge is 0.375 e. The number of hydrogen-bond donors (Lipinski definition) is 0. The smallest absolute Gasteiger partial charge is 0.219 e. The normalized spacial score (nSPS) is 20.8. The van der Waals surface area contributed by atoms with E-state index in [9.17, 15) is 4.79 Å². The van der Waals surface area contributed by atoms with Crippen LogP contribution in [-0.4, -0.2) is 61.1 Å². The van der Waals surface area contributed by atoms with Gasteiger partial charge >= 0.3 is 0 Å². The third-order valence-corrected chi connectivity index (χ3v) is 3.25. The fourth-order valence-corrected chi connectivity index (χ4v) is 2.04. The minimum atomic E-state index is 0.162. The van der Waals surface area contributed by atoms with Gasteiger partial charge in [0, 0.05) is 26.6 Å². The first-order chi connectivity index (χ1) is 7.67. The molecule has 0 aromatic carbocycles. The Morgan fingerprint density at radius 3 is 2.62 bits per heavy atom. The van der Waals surface area contributed by atoms with E-state index in [1.807, 2.05) is 4.90 Å². The third-order valence-electron chi connectivity index (χ3n) is 3.25. The Labute approximate surface area is 98.5 Å². The average molecular weight is 228 g/mol. The topological polar surface area (TPSA) is 32.8 Å². The summed E-state index contributed by atoms with van der Waals surface area (Å²) in [7, 11) is 0. The number of likely N-dealkylation sites (N-methyl/N-ethyl adjacent to an activating group) is 1. The van der Waals surface area contributed by atoms with Gasteiger partial charge in [0.15, 0.2) is 0 Å². The molecule has 1 aliphatic heterocycles. The van der Waals surface area contributed by atoms with Crippen LogP contribution in [0.15, 0.2) is 0 Å². The Kier molecular flexibility index (Phi) is 5.77. The predicted molar refractivity (Wildman–Crippen MR) is 64.4 cm³/mol. The molecule has 1 amide bonds. The molecule has 0 aromatic heterocycles. The molecule has 1 atom stereocenters. The van der Waals surface area contributed by atoms with E-state index in [0.29, 0.717) is 0 Å². The lowest BCUT2D eigenvalue weighted by Crippen LogP contribution is -2.31. The maximum absolute atomic E-state index is 11.1. The van der Waals surface area contributed by atoms with E-state index in [0.717, 1.165) is 45.8 Å². The molecule has 0 N–H and O–H groups in total. The Hall–Kier alpha value is -0.610. The predicted octanol–water partition coefficient (Wildman–Crippen LogP) is 0.966. The molecule has 0 radical (unpaired) electrons. The van der Waals surface area contributed by atoms with Crippen molar-refractivity contribution in [2.75, 3.05) is 39.3 Å². The van der Waals surface area contributed by atoms with Crippen molar-refractivity contribution in [1.29, 1.82) is 0 Å². The van der Waals surface area contributed by atoms with Crippen molar-refractivity contribution in [1.82, 2.24) is 9.80 Å². The zero-order valence-electron chi connectivity index (χ0n) is 10.7. The summed E-state index contributed by atoms with van der Waals surface area (Å²) in [6, 6.07) is 0. The van der Waals surface area contributed by atoms with Crippen molar-refractivity contribution in [3.8, 4) is 0 Å². The molecule has 0 bridgehead atoms. The molecule has 4 heteroatoms. The van der Waals surface area contributed by atoms with Crippen LogP contribution in [0.3, 0.4) is 0 Å². The standard InChI is InChI=1S/C12H24N2O2/c1-4-13(5-2)8-9-16-12-6-7-14(10-12)11(3)15/h12H,4-10H2,1-3H3. The lowest BCUT2D eigenvalue weighted by molar-refractivity contribution is -0.128. The van der Waals surface area contributed by atoms with E-state index in [1.54, 1.807) is 6.92 Å². The van der Waals surface area contributed by atoms with E-state index in [4.69, 9.17) is 4.74 Å². The number of carbonyl (C=O) groups is 1. The van der Waals surface area contributed by atoms with Gasteiger partial charge in [-0.1, -0.05) is 13.8 Å². The van der Waals surface area contributed by atoms with Gasteiger partial charge in [-0.25, -0.2) is 0 Å². The van der Waals surface area contributed by atoms with Crippen molar-refractivity contribution in [2.45, 2.75) is 33.3 Å². The van der Waals surface area contributed by atoms with E-state index < -0.39 is 0 Å². The van der Waals surface area contributed by atoms with Gasteiger partial charge in [0.1, 0.15) is 0 Å². The third kappa shape index (κ3) is 4.10. The molecule has 1 fully saturated rings. The quantitative estimate of drug-likeness (QED) is 0.679. The molecular formula is C12H24N2O2. The number of ether oxygens (including phenoxy) is 1. The number of rotatable bonds is 6. The van der Waals surface area contributed by atoms with Crippen molar-refractivity contribution in [2.24, 2.45) is 0 Å². The summed E-state index contributed by atoms with van der Waals surface area (Å²) in [5.41, 5.74) is 0. The highest BCUT2D eigenvalue weighted by Gasteiger charge is 2.24. The Balaban J connectivity index is 2.13. The molecule has 1 heterocycles. The average Bonchev–Trinajstić information content (AvgIpc) is 2.73. The van der Waals surface area contributed by atoms with Gasteiger partial charge in [-0.05, 0) is 19.5 Å². The molecule has 0 spiro atoms. The molecular weight excluding hydrogens is 204 g/mol. The number of nitrogens with zero attached hydrogens (tertiary/aromatic N) is 2. The maximum atomic E-state index is 11.1. The Morgan fingerprint density at radius 1 is 1.44 bits per heavy atom. The zero-order chi connectivity index (χ0) is 12.0. The maximum Gasteiger partial charge on any atom is 0.219 e. The van der Waals surface area contributed by atoms with Crippen LogP contribution in [0, 0.1) is 0 Å². The summed E-state index contributed by atoms with van der Waals surface area (Å²) in [4.78, 5) is 15.3. The lowest BCUT2D eigenvalue weighted by Gasteiger charge is -2.19. The number of likely N-dealkylation sites (tertiary alicyclic amines) is 1. The zero-order valence-corrected chi connectivity index (χ0v) is 10.7. The molecule has 16 heavy (non-hydrogen) atoms. The van der Waals surface area contributed by atoms with Gasteiger partial charge in [0.05, 0.1) is 12.7 Å². The summed E-state index contributed by atoms with van der Waals surface area (Å²) in [5.74, 6) is 0.162. The van der Waals surface area contributed by atoms with Crippen LogP contribution >= 0.6 is 0 Å². The number of hydrogen-bond acceptors (Lipinski definition) is 3. The van der Waals surface area contributed by atoms with Gasteiger partial charge in [-0.2, -0.15) is 0 Å². The molecule has 0 aromatic rings. The van der Waals surface area contributed by atoms with E-state index >= 15 is 0 Å². The second-order valence-electron chi connectivity index (χ2n) is 4.27. The summed E-state index contributed by atoms with van der Waals surface area (Å²) in [6.45, 7) is 11.5. The first-order valence-electron chi connectivity index (χ1n) is 6.26. The van der Waals surface area contributed by atoms with Crippen LogP contribution in [0.2, 0.25) is 0 Å². The van der Waals surface area contributed by atoms with Gasteiger partial charge in [-0.15, -0.1) is 0 Å². The Bertz CT molecular complexity index is 217. The first kappa shape index (κ1) is 13.5. The highest BCUT2D eigenvalue weighted by atomic mass is 16.5. The van der Waals surface area contributed by atoms with E-state index in [-0.39, 0.29) is 12.0 Å². The molecule has 94 valence electrons. The molecule has 1 rings (SSSR count). The van der Waals surface area contributed by atoms with Crippen LogP contribution in [0.1, 0.15) is 27.2 Å². The summed E-state index contributed by atoms with van der Waals surface area (Å²) >= 11 is 0. The molecule has 4 nitrogen and oxygen atoms in total. The van der Waals surface area contributed by atoms with Crippen LogP contribution in [0.4, 0.5) is 0 Å². The van der Waals surface area contributed by atoms with Gasteiger partial charge in [0.2, 0.25) is 5.91 Å². The van der Waals surface area contributed by atoms with Crippen LogP contribution < -0.4 is 0 Å². The number of carbonyl (C=O) groups excluding carboxylic acids is 1. The molecule has 0 aliphatic carbocycles. The van der Waals surface area contributed by atoms with Crippen molar-refractivity contribution in [3.05, 3.63) is 0 Å². The summed E-state index contributed by atoms with van der Waals surface area (Å²) < 4.78 is 5.78. The van der Waals surface area contributed by atoms with E-state index in [1.165, 1.54) is 0 Å². The van der Waals surface area contributed by atoms with Gasteiger partial charge in [0.25, 0.3) is 0 Å².